The zero-order valence-corrected chi connectivity index (χ0v) is 7.53. The Morgan fingerprint density at radius 2 is 2.23 bits per heavy atom. The fourth-order valence-corrected chi connectivity index (χ4v) is 1.55. The van der Waals surface area contributed by atoms with Gasteiger partial charge in [0.25, 0.3) is 0 Å². The highest BCUT2D eigenvalue weighted by molar-refractivity contribution is 5.81. The van der Waals surface area contributed by atoms with E-state index in [0.29, 0.717) is 0 Å². The number of benzene rings is 1. The summed E-state index contributed by atoms with van der Waals surface area (Å²) in [5.41, 5.74) is 2.03. The number of hydrogen-bond acceptors (Lipinski definition) is 2. The monoisotopic (exact) mass is 176 g/mol. The van der Waals surface area contributed by atoms with Crippen LogP contribution in [-0.4, -0.2) is 11.7 Å². The minimum atomic E-state index is 0.168. The molecule has 2 aromatic rings. The maximum atomic E-state index is 9.05. The molecule has 0 radical (unpaired) electrons. The lowest BCUT2D eigenvalue weighted by Gasteiger charge is -2.08. The van der Waals surface area contributed by atoms with Crippen LogP contribution in [0, 0.1) is 0 Å². The Kier molecular flexibility index (Phi) is 2.07. The quantitative estimate of drug-likeness (QED) is 0.762. The van der Waals surface area contributed by atoms with Gasteiger partial charge in [0.05, 0.1) is 6.26 Å². The van der Waals surface area contributed by atoms with E-state index in [-0.39, 0.29) is 12.5 Å². The first-order valence-electron chi connectivity index (χ1n) is 4.40. The zero-order chi connectivity index (χ0) is 9.26. The van der Waals surface area contributed by atoms with Crippen LogP contribution >= 0.6 is 0 Å². The molecule has 2 heteroatoms. The third kappa shape index (κ3) is 1.33. The fourth-order valence-electron chi connectivity index (χ4n) is 1.55. The van der Waals surface area contributed by atoms with Crippen molar-refractivity contribution in [2.45, 2.75) is 12.8 Å². The molecule has 0 fully saturated rings. The Morgan fingerprint density at radius 1 is 1.38 bits per heavy atom. The Morgan fingerprint density at radius 3 is 3.00 bits per heavy atom. The van der Waals surface area contributed by atoms with E-state index in [1.165, 1.54) is 0 Å². The Labute approximate surface area is 76.8 Å². The molecule has 0 spiro atoms. The first-order chi connectivity index (χ1) is 6.33. The summed E-state index contributed by atoms with van der Waals surface area (Å²) in [5.74, 6) is 0.168. The van der Waals surface area contributed by atoms with Gasteiger partial charge in [-0.15, -0.1) is 0 Å². The molecule has 0 amide bonds. The predicted molar refractivity (Wildman–Crippen MR) is 51.7 cm³/mol. The summed E-state index contributed by atoms with van der Waals surface area (Å²) in [6.07, 6.45) is 1.68. The SMILES string of the molecule is CC(CO)c1cccc2occc12. The van der Waals surface area contributed by atoms with Crippen LogP contribution in [0.25, 0.3) is 11.0 Å². The van der Waals surface area contributed by atoms with E-state index in [1.54, 1.807) is 6.26 Å². The third-order valence-electron chi connectivity index (χ3n) is 2.33. The van der Waals surface area contributed by atoms with Crippen LogP contribution in [0.15, 0.2) is 34.9 Å². The summed E-state index contributed by atoms with van der Waals surface area (Å²) in [5, 5.41) is 10.2. The van der Waals surface area contributed by atoms with E-state index in [0.717, 1.165) is 16.5 Å². The van der Waals surface area contributed by atoms with E-state index >= 15 is 0 Å². The van der Waals surface area contributed by atoms with Crippen molar-refractivity contribution in [3.8, 4) is 0 Å². The van der Waals surface area contributed by atoms with Crippen LogP contribution in [0.5, 0.6) is 0 Å². The number of furan rings is 1. The molecular formula is C11H12O2. The highest BCUT2D eigenvalue weighted by Crippen LogP contribution is 2.25. The molecule has 1 heterocycles. The molecule has 1 unspecified atom stereocenters. The molecular weight excluding hydrogens is 164 g/mol. The largest absolute Gasteiger partial charge is 0.464 e. The van der Waals surface area contributed by atoms with Crippen LogP contribution in [0.3, 0.4) is 0 Å². The minimum absolute atomic E-state index is 0.168. The summed E-state index contributed by atoms with van der Waals surface area (Å²) < 4.78 is 5.27. The molecule has 2 rings (SSSR count). The molecule has 13 heavy (non-hydrogen) atoms. The van der Waals surface area contributed by atoms with E-state index < -0.39 is 0 Å². The molecule has 0 aliphatic heterocycles. The molecule has 1 aromatic carbocycles. The Hall–Kier alpha value is -1.28. The summed E-state index contributed by atoms with van der Waals surface area (Å²) in [6.45, 7) is 2.17. The highest BCUT2D eigenvalue weighted by Gasteiger charge is 2.08. The number of rotatable bonds is 2. The molecule has 0 aliphatic rings. The van der Waals surface area contributed by atoms with Gasteiger partial charge in [0.15, 0.2) is 0 Å². The highest BCUT2D eigenvalue weighted by atomic mass is 16.3. The lowest BCUT2D eigenvalue weighted by Crippen LogP contribution is -1.98. The van der Waals surface area contributed by atoms with Crippen LogP contribution in [0.4, 0.5) is 0 Å². The van der Waals surface area contributed by atoms with Gasteiger partial charge in [-0.1, -0.05) is 19.1 Å². The number of aliphatic hydroxyl groups excluding tert-OH is 1. The van der Waals surface area contributed by atoms with E-state index in [1.807, 2.05) is 31.2 Å². The first kappa shape index (κ1) is 8.32. The standard InChI is InChI=1S/C11H12O2/c1-8(7-12)9-3-2-4-11-10(9)5-6-13-11/h2-6,8,12H,7H2,1H3. The van der Waals surface area contributed by atoms with Gasteiger partial charge in [-0.25, -0.2) is 0 Å². The van der Waals surface area contributed by atoms with Gasteiger partial charge in [-0.3, -0.25) is 0 Å². The maximum Gasteiger partial charge on any atom is 0.134 e. The number of hydrogen-bond donors (Lipinski definition) is 1. The average molecular weight is 176 g/mol. The van der Waals surface area contributed by atoms with Crippen molar-refractivity contribution in [2.75, 3.05) is 6.61 Å². The molecule has 0 bridgehead atoms. The van der Waals surface area contributed by atoms with Gasteiger partial charge < -0.3 is 9.52 Å². The lowest BCUT2D eigenvalue weighted by molar-refractivity contribution is 0.273. The Balaban J connectivity index is 2.60. The second kappa shape index (κ2) is 3.23. The molecule has 2 nitrogen and oxygen atoms in total. The molecule has 0 saturated carbocycles. The first-order valence-corrected chi connectivity index (χ1v) is 4.40. The summed E-state index contributed by atoms with van der Waals surface area (Å²) in [4.78, 5) is 0. The van der Waals surface area contributed by atoms with E-state index in [4.69, 9.17) is 9.52 Å². The molecule has 68 valence electrons. The van der Waals surface area contributed by atoms with Crippen LogP contribution in [0.1, 0.15) is 18.4 Å². The van der Waals surface area contributed by atoms with Gasteiger partial charge >= 0.3 is 0 Å². The second-order valence-corrected chi connectivity index (χ2v) is 3.26. The number of aliphatic hydroxyl groups is 1. The van der Waals surface area contributed by atoms with Crippen LogP contribution < -0.4 is 0 Å². The van der Waals surface area contributed by atoms with Crippen molar-refractivity contribution in [1.29, 1.82) is 0 Å². The smallest absolute Gasteiger partial charge is 0.134 e. The van der Waals surface area contributed by atoms with Gasteiger partial charge in [-0.2, -0.15) is 0 Å². The molecule has 1 aromatic heterocycles. The molecule has 0 saturated heterocycles. The topological polar surface area (TPSA) is 33.4 Å². The second-order valence-electron chi connectivity index (χ2n) is 3.26. The summed E-state index contributed by atoms with van der Waals surface area (Å²) in [6, 6.07) is 7.85. The van der Waals surface area contributed by atoms with Crippen LogP contribution in [0.2, 0.25) is 0 Å². The van der Waals surface area contributed by atoms with Crippen molar-refractivity contribution in [2.24, 2.45) is 0 Å². The van der Waals surface area contributed by atoms with Crippen molar-refractivity contribution in [1.82, 2.24) is 0 Å². The summed E-state index contributed by atoms with van der Waals surface area (Å²) in [7, 11) is 0. The van der Waals surface area contributed by atoms with Crippen molar-refractivity contribution >= 4 is 11.0 Å². The molecule has 0 aliphatic carbocycles. The summed E-state index contributed by atoms with van der Waals surface area (Å²) >= 11 is 0. The molecule has 1 atom stereocenters. The van der Waals surface area contributed by atoms with Crippen molar-refractivity contribution < 1.29 is 9.52 Å². The Bertz CT molecular complexity index is 403. The predicted octanol–water partition coefficient (Wildman–Crippen LogP) is 2.53. The van der Waals surface area contributed by atoms with Gasteiger partial charge in [0.1, 0.15) is 5.58 Å². The zero-order valence-electron chi connectivity index (χ0n) is 7.53. The fraction of sp³-hybridized carbons (Fsp3) is 0.273. The number of fused-ring (bicyclic) bond motifs is 1. The van der Waals surface area contributed by atoms with Gasteiger partial charge in [0, 0.05) is 17.9 Å². The lowest BCUT2D eigenvalue weighted by atomic mass is 9.99. The average Bonchev–Trinajstić information content (AvgIpc) is 2.63. The molecule has 1 N–H and O–H groups in total. The minimum Gasteiger partial charge on any atom is -0.464 e. The third-order valence-corrected chi connectivity index (χ3v) is 2.33. The van der Waals surface area contributed by atoms with Crippen molar-refractivity contribution in [3.63, 3.8) is 0 Å². The van der Waals surface area contributed by atoms with E-state index in [9.17, 15) is 0 Å². The van der Waals surface area contributed by atoms with Crippen LogP contribution in [-0.2, 0) is 0 Å². The normalized spacial score (nSPS) is 13.4. The van der Waals surface area contributed by atoms with Crippen molar-refractivity contribution in [3.05, 3.63) is 36.1 Å². The van der Waals surface area contributed by atoms with E-state index in [2.05, 4.69) is 0 Å². The van der Waals surface area contributed by atoms with Gasteiger partial charge in [-0.05, 0) is 17.7 Å². The maximum absolute atomic E-state index is 9.05. The van der Waals surface area contributed by atoms with Gasteiger partial charge in [0.2, 0.25) is 0 Å².